The quantitative estimate of drug-likeness (QED) is 0.823. The van der Waals surface area contributed by atoms with Crippen LogP contribution >= 0.6 is 0 Å². The molecule has 0 aliphatic carbocycles. The van der Waals surface area contributed by atoms with E-state index in [-0.39, 0.29) is 5.41 Å². The van der Waals surface area contributed by atoms with E-state index < -0.39 is 0 Å². The third-order valence-electron chi connectivity index (χ3n) is 4.53. The molecule has 0 unspecified atom stereocenters. The molecule has 21 heavy (non-hydrogen) atoms. The predicted octanol–water partition coefficient (Wildman–Crippen LogP) is 3.13. The third-order valence-corrected chi connectivity index (χ3v) is 4.53. The first-order chi connectivity index (χ1) is 9.97. The van der Waals surface area contributed by atoms with Crippen LogP contribution in [0.5, 0.6) is 5.75 Å². The molecule has 1 aliphatic rings. The molecule has 1 heterocycles. The largest absolute Gasteiger partial charge is 0.493 e. The van der Waals surface area contributed by atoms with E-state index >= 15 is 0 Å². The second-order valence-corrected chi connectivity index (χ2v) is 7.49. The van der Waals surface area contributed by atoms with E-state index in [4.69, 9.17) is 4.74 Å². The van der Waals surface area contributed by atoms with Gasteiger partial charge in [-0.05, 0) is 48.8 Å². The zero-order chi connectivity index (χ0) is 15.3. The molecule has 2 nitrogen and oxygen atoms in total. The van der Waals surface area contributed by atoms with Crippen molar-refractivity contribution in [3.05, 3.63) is 29.3 Å². The molecule has 2 heteroatoms. The van der Waals surface area contributed by atoms with Gasteiger partial charge in [0.2, 0.25) is 0 Å². The highest BCUT2D eigenvalue weighted by molar-refractivity contribution is 5.38. The lowest BCUT2D eigenvalue weighted by molar-refractivity contribution is -0.905. The molecular weight excluding hydrogens is 258 g/mol. The minimum atomic E-state index is 0.209. The van der Waals surface area contributed by atoms with Crippen molar-refractivity contribution < 1.29 is 9.64 Å². The Morgan fingerprint density at radius 3 is 2.43 bits per heavy atom. The minimum absolute atomic E-state index is 0.209. The van der Waals surface area contributed by atoms with Crippen LogP contribution in [-0.2, 0) is 5.41 Å². The molecule has 0 aromatic heterocycles. The molecule has 2 rings (SSSR count). The summed E-state index contributed by atoms with van der Waals surface area (Å²) in [7, 11) is 0. The van der Waals surface area contributed by atoms with Crippen molar-refractivity contribution >= 4 is 0 Å². The molecule has 1 aromatic carbocycles. The number of quaternary nitrogens is 1. The summed E-state index contributed by atoms with van der Waals surface area (Å²) < 4.78 is 5.98. The number of hydrogen-bond acceptors (Lipinski definition) is 1. The predicted molar refractivity (Wildman–Crippen MR) is 89.4 cm³/mol. The van der Waals surface area contributed by atoms with E-state index in [2.05, 4.69) is 45.9 Å². The maximum Gasteiger partial charge on any atom is 0.122 e. The van der Waals surface area contributed by atoms with Crippen LogP contribution in [0.3, 0.4) is 0 Å². The average Bonchev–Trinajstić information content (AvgIpc) is 2.45. The highest BCUT2D eigenvalue weighted by Gasteiger charge is 2.15. The summed E-state index contributed by atoms with van der Waals surface area (Å²) in [6, 6.07) is 6.62. The van der Waals surface area contributed by atoms with Gasteiger partial charge in [-0.3, -0.25) is 0 Å². The van der Waals surface area contributed by atoms with Gasteiger partial charge in [0.1, 0.15) is 5.75 Å². The summed E-state index contributed by atoms with van der Waals surface area (Å²) in [5.74, 6) is 1.05. The molecule has 0 saturated carbocycles. The number of piperidine rings is 1. The van der Waals surface area contributed by atoms with Crippen molar-refractivity contribution in [1.29, 1.82) is 0 Å². The second kappa shape index (κ2) is 7.31. The van der Waals surface area contributed by atoms with E-state index in [1.54, 1.807) is 4.90 Å². The van der Waals surface area contributed by atoms with Gasteiger partial charge in [-0.1, -0.05) is 32.9 Å². The molecule has 1 N–H and O–H groups in total. The van der Waals surface area contributed by atoms with Gasteiger partial charge in [0.15, 0.2) is 0 Å². The number of nitrogens with one attached hydrogen (secondary N) is 1. The van der Waals surface area contributed by atoms with Gasteiger partial charge in [-0.2, -0.15) is 0 Å². The molecule has 0 spiro atoms. The fourth-order valence-electron chi connectivity index (χ4n) is 3.08. The number of aryl methyl sites for hydroxylation is 1. The van der Waals surface area contributed by atoms with E-state index in [1.165, 1.54) is 50.0 Å². The maximum absolute atomic E-state index is 5.98. The fourth-order valence-corrected chi connectivity index (χ4v) is 3.08. The topological polar surface area (TPSA) is 13.7 Å². The Bertz CT molecular complexity index is 441. The summed E-state index contributed by atoms with van der Waals surface area (Å²) >= 11 is 0. The van der Waals surface area contributed by atoms with E-state index in [0.717, 1.165) is 18.8 Å². The first kappa shape index (κ1) is 16.4. The van der Waals surface area contributed by atoms with Crippen LogP contribution in [0.1, 0.15) is 57.6 Å². The molecule has 0 radical (unpaired) electrons. The van der Waals surface area contributed by atoms with E-state index in [1.807, 2.05) is 0 Å². The lowest BCUT2D eigenvalue weighted by Crippen LogP contribution is -3.12. The van der Waals surface area contributed by atoms with E-state index in [0.29, 0.717) is 0 Å². The van der Waals surface area contributed by atoms with Gasteiger partial charge >= 0.3 is 0 Å². The van der Waals surface area contributed by atoms with Gasteiger partial charge in [0.05, 0.1) is 26.2 Å². The van der Waals surface area contributed by atoms with Crippen molar-refractivity contribution in [3.63, 3.8) is 0 Å². The van der Waals surface area contributed by atoms with Crippen molar-refractivity contribution in [2.45, 2.75) is 58.8 Å². The summed E-state index contributed by atoms with van der Waals surface area (Å²) in [5, 5.41) is 0. The van der Waals surface area contributed by atoms with Crippen LogP contribution in [0.15, 0.2) is 18.2 Å². The Hall–Kier alpha value is -1.02. The summed E-state index contributed by atoms with van der Waals surface area (Å²) in [6.45, 7) is 13.7. The van der Waals surface area contributed by atoms with Crippen molar-refractivity contribution in [1.82, 2.24) is 0 Å². The standard InChI is InChI=1S/C19H31NO/c1-16-15-17(19(2,3)4)9-10-18(16)21-14-8-13-20-11-6-5-7-12-20/h9-10,15H,5-8,11-14H2,1-4H3/p+1. The smallest absolute Gasteiger partial charge is 0.122 e. The third kappa shape index (κ3) is 5.03. The Balaban J connectivity index is 1.78. The van der Waals surface area contributed by atoms with Gasteiger partial charge < -0.3 is 9.64 Å². The monoisotopic (exact) mass is 290 g/mol. The minimum Gasteiger partial charge on any atom is -0.493 e. The maximum atomic E-state index is 5.98. The SMILES string of the molecule is Cc1cc(C(C)(C)C)ccc1OCCC[NH+]1CCCCC1. The molecule has 0 bridgehead atoms. The van der Waals surface area contributed by atoms with Gasteiger partial charge in [0.25, 0.3) is 0 Å². The number of ether oxygens (including phenoxy) is 1. The van der Waals surface area contributed by atoms with Crippen LogP contribution in [0.25, 0.3) is 0 Å². The second-order valence-electron chi connectivity index (χ2n) is 7.49. The number of likely N-dealkylation sites (tertiary alicyclic amines) is 1. The summed E-state index contributed by atoms with van der Waals surface area (Å²) in [4.78, 5) is 1.77. The van der Waals surface area contributed by atoms with Crippen LogP contribution in [0.4, 0.5) is 0 Å². The van der Waals surface area contributed by atoms with Gasteiger partial charge in [0, 0.05) is 6.42 Å². The summed E-state index contributed by atoms with van der Waals surface area (Å²) in [5.41, 5.74) is 2.85. The van der Waals surface area contributed by atoms with Crippen molar-refractivity contribution in [3.8, 4) is 5.75 Å². The van der Waals surface area contributed by atoms with Crippen LogP contribution in [-0.4, -0.2) is 26.2 Å². The molecule has 0 amide bonds. The first-order valence-corrected chi connectivity index (χ1v) is 8.54. The molecule has 118 valence electrons. The number of hydrogen-bond donors (Lipinski definition) is 1. The Labute approximate surface area is 130 Å². The normalized spacial score (nSPS) is 17.0. The highest BCUT2D eigenvalue weighted by Crippen LogP contribution is 2.27. The Morgan fingerprint density at radius 1 is 1.10 bits per heavy atom. The number of rotatable bonds is 5. The van der Waals surface area contributed by atoms with Crippen molar-refractivity contribution in [2.75, 3.05) is 26.2 Å². The van der Waals surface area contributed by atoms with Crippen LogP contribution in [0, 0.1) is 6.92 Å². The molecular formula is C19H32NO+. The van der Waals surface area contributed by atoms with Gasteiger partial charge in [-0.15, -0.1) is 0 Å². The Morgan fingerprint density at radius 2 is 1.81 bits per heavy atom. The van der Waals surface area contributed by atoms with Crippen molar-refractivity contribution in [2.24, 2.45) is 0 Å². The van der Waals surface area contributed by atoms with Crippen LogP contribution in [0.2, 0.25) is 0 Å². The molecule has 1 aromatic rings. The summed E-state index contributed by atoms with van der Waals surface area (Å²) in [6.07, 6.45) is 5.41. The van der Waals surface area contributed by atoms with Crippen LogP contribution < -0.4 is 9.64 Å². The van der Waals surface area contributed by atoms with Gasteiger partial charge in [-0.25, -0.2) is 0 Å². The molecule has 0 atom stereocenters. The van der Waals surface area contributed by atoms with E-state index in [9.17, 15) is 0 Å². The number of benzene rings is 1. The molecule has 1 aliphatic heterocycles. The zero-order valence-electron chi connectivity index (χ0n) is 14.3. The zero-order valence-corrected chi connectivity index (χ0v) is 14.3. The lowest BCUT2D eigenvalue weighted by Gasteiger charge is -2.23. The first-order valence-electron chi connectivity index (χ1n) is 8.54. The highest BCUT2D eigenvalue weighted by atomic mass is 16.5. The molecule has 1 fully saturated rings. The lowest BCUT2D eigenvalue weighted by atomic mass is 9.86. The fraction of sp³-hybridized carbons (Fsp3) is 0.684. The molecule has 1 saturated heterocycles. The average molecular weight is 290 g/mol. The Kier molecular flexibility index (Phi) is 5.69.